The van der Waals surface area contributed by atoms with Crippen LogP contribution in [-0.2, 0) is 14.3 Å². The third-order valence-corrected chi connectivity index (χ3v) is 5.44. The Labute approximate surface area is 108 Å². The molecule has 0 unspecified atom stereocenters. The molecule has 0 aromatic carbocycles. The van der Waals surface area contributed by atoms with Crippen molar-refractivity contribution in [3.8, 4) is 0 Å². The fraction of sp³-hybridized carbons (Fsp3) is 0.733. The Hall–Kier alpha value is -1.12. The third-order valence-electron chi connectivity index (χ3n) is 5.44. The number of rotatable bonds is 3. The normalized spacial score (nSPS) is 45.2. The van der Waals surface area contributed by atoms with Crippen LogP contribution in [0.2, 0.25) is 0 Å². The van der Waals surface area contributed by atoms with Crippen LogP contribution >= 0.6 is 0 Å². The van der Waals surface area contributed by atoms with Gasteiger partial charge in [-0.25, -0.2) is 4.79 Å². The summed E-state index contributed by atoms with van der Waals surface area (Å²) < 4.78 is 5.41. The molecule has 3 heteroatoms. The number of hydrogen-bond acceptors (Lipinski definition) is 3. The quantitative estimate of drug-likeness (QED) is 0.569. The number of hydrogen-bond donors (Lipinski definition) is 0. The number of carbonyl (C=O) groups is 2. The molecule has 3 rings (SSSR count). The van der Waals surface area contributed by atoms with E-state index in [9.17, 15) is 9.59 Å². The van der Waals surface area contributed by atoms with E-state index >= 15 is 0 Å². The standard InChI is InChI=1S/C15H20O3/c1-8(16)4-5-11-12-6-10-9(2)14(17)18-13(10)7-15(11,12)3/h10-13H,2,4-7H2,1,3H3/t10-,11-,12-,13-,15-/m1/s1. The summed E-state index contributed by atoms with van der Waals surface area (Å²) in [5, 5.41) is 0. The summed E-state index contributed by atoms with van der Waals surface area (Å²) in [5.74, 6) is 1.61. The number of esters is 1. The first-order valence-corrected chi connectivity index (χ1v) is 6.82. The number of ketones is 1. The van der Waals surface area contributed by atoms with Gasteiger partial charge in [-0.05, 0) is 43.4 Å². The van der Waals surface area contributed by atoms with Crippen molar-refractivity contribution < 1.29 is 14.3 Å². The highest BCUT2D eigenvalue weighted by molar-refractivity contribution is 5.90. The molecule has 18 heavy (non-hydrogen) atoms. The molecule has 0 bridgehead atoms. The van der Waals surface area contributed by atoms with Crippen LogP contribution in [0.1, 0.15) is 39.5 Å². The Morgan fingerprint density at radius 2 is 2.28 bits per heavy atom. The zero-order chi connectivity index (χ0) is 13.1. The lowest BCUT2D eigenvalue weighted by molar-refractivity contribution is -0.140. The third kappa shape index (κ3) is 1.56. The van der Waals surface area contributed by atoms with Crippen molar-refractivity contribution in [2.45, 2.75) is 45.6 Å². The topological polar surface area (TPSA) is 43.4 Å². The molecular formula is C15H20O3. The molecular weight excluding hydrogens is 228 g/mol. The summed E-state index contributed by atoms with van der Waals surface area (Å²) in [6, 6.07) is 0. The molecule has 3 aliphatic rings. The van der Waals surface area contributed by atoms with Gasteiger partial charge in [0.2, 0.25) is 0 Å². The maximum Gasteiger partial charge on any atom is 0.334 e. The van der Waals surface area contributed by atoms with Crippen LogP contribution in [0.15, 0.2) is 12.2 Å². The maximum atomic E-state index is 11.5. The molecule has 3 nitrogen and oxygen atoms in total. The van der Waals surface area contributed by atoms with Gasteiger partial charge in [0.25, 0.3) is 0 Å². The molecule has 0 spiro atoms. The molecule has 0 aromatic rings. The molecule has 2 saturated carbocycles. The fourth-order valence-electron chi connectivity index (χ4n) is 4.25. The average Bonchev–Trinajstić information content (AvgIpc) is 2.77. The second kappa shape index (κ2) is 3.69. The number of ether oxygens (including phenoxy) is 1. The van der Waals surface area contributed by atoms with E-state index in [2.05, 4.69) is 13.5 Å². The molecule has 98 valence electrons. The van der Waals surface area contributed by atoms with Crippen LogP contribution < -0.4 is 0 Å². The van der Waals surface area contributed by atoms with Crippen LogP contribution in [0, 0.1) is 23.2 Å². The van der Waals surface area contributed by atoms with Crippen molar-refractivity contribution in [3.05, 3.63) is 12.2 Å². The van der Waals surface area contributed by atoms with Crippen LogP contribution in [0.3, 0.4) is 0 Å². The second-order valence-electron chi connectivity index (χ2n) is 6.47. The minimum Gasteiger partial charge on any atom is -0.458 e. The Morgan fingerprint density at radius 1 is 1.56 bits per heavy atom. The Kier molecular flexibility index (Phi) is 2.45. The Bertz CT molecular complexity index is 439. The van der Waals surface area contributed by atoms with Crippen molar-refractivity contribution in [1.29, 1.82) is 0 Å². The molecule has 3 fully saturated rings. The average molecular weight is 248 g/mol. The largest absolute Gasteiger partial charge is 0.458 e. The Balaban J connectivity index is 1.69. The van der Waals surface area contributed by atoms with Crippen molar-refractivity contribution in [2.75, 3.05) is 0 Å². The van der Waals surface area contributed by atoms with E-state index in [1.807, 2.05) is 0 Å². The summed E-state index contributed by atoms with van der Waals surface area (Å²) in [4.78, 5) is 22.6. The zero-order valence-corrected chi connectivity index (χ0v) is 11.1. The molecule has 1 heterocycles. The maximum absolute atomic E-state index is 11.5. The molecule has 0 amide bonds. The van der Waals surface area contributed by atoms with Gasteiger partial charge in [-0.3, -0.25) is 0 Å². The molecule has 1 aliphatic heterocycles. The molecule has 2 aliphatic carbocycles. The van der Waals surface area contributed by atoms with Gasteiger partial charge in [-0.15, -0.1) is 0 Å². The lowest BCUT2D eigenvalue weighted by Crippen LogP contribution is -2.26. The van der Waals surface area contributed by atoms with Crippen LogP contribution in [0.4, 0.5) is 0 Å². The van der Waals surface area contributed by atoms with Crippen molar-refractivity contribution in [3.63, 3.8) is 0 Å². The van der Waals surface area contributed by atoms with E-state index in [0.717, 1.165) is 19.3 Å². The first-order valence-electron chi connectivity index (χ1n) is 6.82. The minimum atomic E-state index is -0.199. The van der Waals surface area contributed by atoms with Gasteiger partial charge in [0.1, 0.15) is 11.9 Å². The highest BCUT2D eigenvalue weighted by Gasteiger charge is 2.66. The van der Waals surface area contributed by atoms with Crippen LogP contribution in [-0.4, -0.2) is 17.9 Å². The Morgan fingerprint density at radius 3 is 2.94 bits per heavy atom. The number of Topliss-reactive ketones (excluding diaryl/α,β-unsaturated/α-hetero) is 1. The molecule has 0 aromatic heterocycles. The van der Waals surface area contributed by atoms with Gasteiger partial charge in [0, 0.05) is 17.9 Å². The lowest BCUT2D eigenvalue weighted by Gasteiger charge is -2.27. The SMILES string of the molecule is C=C1C(=O)O[C@@H]2C[C@]3(C)[C@H](CCC(C)=O)[C@H]3C[C@H]12. The molecule has 5 atom stereocenters. The second-order valence-corrected chi connectivity index (χ2v) is 6.47. The molecule has 0 N–H and O–H groups in total. The van der Waals surface area contributed by atoms with Crippen molar-refractivity contribution >= 4 is 11.8 Å². The highest BCUT2D eigenvalue weighted by atomic mass is 16.6. The highest BCUT2D eigenvalue weighted by Crippen LogP contribution is 2.70. The van der Waals surface area contributed by atoms with Gasteiger partial charge >= 0.3 is 5.97 Å². The van der Waals surface area contributed by atoms with E-state index < -0.39 is 0 Å². The van der Waals surface area contributed by atoms with Gasteiger partial charge in [-0.2, -0.15) is 0 Å². The predicted octanol–water partition coefficient (Wildman–Crippen LogP) is 2.50. The summed E-state index contributed by atoms with van der Waals surface area (Å²) in [7, 11) is 0. The van der Waals surface area contributed by atoms with E-state index in [4.69, 9.17) is 4.74 Å². The number of carbonyl (C=O) groups excluding carboxylic acids is 2. The van der Waals surface area contributed by atoms with E-state index in [1.54, 1.807) is 6.92 Å². The first kappa shape index (κ1) is 11.9. The summed E-state index contributed by atoms with van der Waals surface area (Å²) in [6.07, 6.45) is 3.71. The predicted molar refractivity (Wildman–Crippen MR) is 66.7 cm³/mol. The smallest absolute Gasteiger partial charge is 0.334 e. The first-order chi connectivity index (χ1) is 8.43. The van der Waals surface area contributed by atoms with Crippen LogP contribution in [0.25, 0.3) is 0 Å². The fourth-order valence-corrected chi connectivity index (χ4v) is 4.25. The van der Waals surface area contributed by atoms with E-state index in [0.29, 0.717) is 29.2 Å². The van der Waals surface area contributed by atoms with E-state index in [-0.39, 0.29) is 23.8 Å². The van der Waals surface area contributed by atoms with Crippen molar-refractivity contribution in [2.24, 2.45) is 23.2 Å². The van der Waals surface area contributed by atoms with E-state index in [1.165, 1.54) is 0 Å². The lowest BCUT2D eigenvalue weighted by atomic mass is 9.79. The summed E-state index contributed by atoms with van der Waals surface area (Å²) in [5.41, 5.74) is 0.959. The van der Waals surface area contributed by atoms with Gasteiger partial charge in [0.15, 0.2) is 0 Å². The number of fused-ring (bicyclic) bond motifs is 2. The minimum absolute atomic E-state index is 0.0496. The van der Waals surface area contributed by atoms with Crippen molar-refractivity contribution in [1.82, 2.24) is 0 Å². The molecule has 1 saturated heterocycles. The van der Waals surface area contributed by atoms with Gasteiger partial charge in [0.05, 0.1) is 0 Å². The van der Waals surface area contributed by atoms with Gasteiger partial charge in [-0.1, -0.05) is 13.5 Å². The summed E-state index contributed by atoms with van der Waals surface area (Å²) in [6.45, 7) is 7.81. The van der Waals surface area contributed by atoms with Gasteiger partial charge < -0.3 is 9.53 Å². The summed E-state index contributed by atoms with van der Waals surface area (Å²) >= 11 is 0. The zero-order valence-electron chi connectivity index (χ0n) is 11.1. The molecule has 0 radical (unpaired) electrons. The van der Waals surface area contributed by atoms with Crippen LogP contribution in [0.5, 0.6) is 0 Å². The monoisotopic (exact) mass is 248 g/mol.